The number of methoxy groups -OCH3 is 1. The molecule has 1 aromatic carbocycles. The summed E-state index contributed by atoms with van der Waals surface area (Å²) in [6.07, 6.45) is 0.631. The summed E-state index contributed by atoms with van der Waals surface area (Å²) in [7, 11) is 1.34. The van der Waals surface area contributed by atoms with Gasteiger partial charge in [-0.1, -0.05) is 0 Å². The zero-order valence-electron chi connectivity index (χ0n) is 6.30. The van der Waals surface area contributed by atoms with Crippen LogP contribution in [0.4, 0.5) is 4.39 Å². The van der Waals surface area contributed by atoms with Gasteiger partial charge < -0.3 is 4.74 Å². The first-order chi connectivity index (χ1) is 5.70. The predicted octanol–water partition coefficient (Wildman–Crippen LogP) is 2.41. The molecule has 0 aromatic heterocycles. The molecule has 0 saturated heterocycles. The lowest BCUT2D eigenvalue weighted by Gasteiger charge is -2.05. The summed E-state index contributed by atoms with van der Waals surface area (Å²) in [5.74, 6) is -0.436. The van der Waals surface area contributed by atoms with E-state index in [1.54, 1.807) is 0 Å². The third-order valence-electron chi connectivity index (χ3n) is 1.41. The second kappa shape index (κ2) is 3.67. The Morgan fingerprint density at radius 1 is 1.58 bits per heavy atom. The van der Waals surface area contributed by atoms with Crippen molar-refractivity contribution in [2.45, 2.75) is 0 Å². The first-order valence-corrected chi connectivity index (χ1v) is 3.97. The molecule has 0 unspecified atom stereocenters. The van der Waals surface area contributed by atoms with Crippen LogP contribution in [0.2, 0.25) is 0 Å². The molecular weight excluding hydrogens is 227 g/mol. The third kappa shape index (κ3) is 1.48. The molecule has 0 atom stereocenters. The second-order valence-electron chi connectivity index (χ2n) is 2.10. The van der Waals surface area contributed by atoms with E-state index in [-0.39, 0.29) is 5.75 Å². The summed E-state index contributed by atoms with van der Waals surface area (Å²) in [6, 6.07) is 2.57. The van der Waals surface area contributed by atoms with Gasteiger partial charge in [-0.3, -0.25) is 4.79 Å². The van der Waals surface area contributed by atoms with Crippen LogP contribution in [0.3, 0.4) is 0 Å². The average molecular weight is 233 g/mol. The number of hydrogen-bond acceptors (Lipinski definition) is 2. The Morgan fingerprint density at radius 3 is 2.75 bits per heavy atom. The van der Waals surface area contributed by atoms with E-state index in [1.807, 2.05) is 0 Å². The lowest BCUT2D eigenvalue weighted by molar-refractivity contribution is 0.112. The van der Waals surface area contributed by atoms with Crippen molar-refractivity contribution >= 4 is 22.2 Å². The number of rotatable bonds is 2. The van der Waals surface area contributed by atoms with Gasteiger partial charge in [0.2, 0.25) is 0 Å². The van der Waals surface area contributed by atoms with Gasteiger partial charge in [0.15, 0.2) is 17.9 Å². The van der Waals surface area contributed by atoms with Gasteiger partial charge >= 0.3 is 0 Å². The van der Waals surface area contributed by atoms with Gasteiger partial charge in [-0.05, 0) is 28.1 Å². The monoisotopic (exact) mass is 232 g/mol. The third-order valence-corrected chi connectivity index (χ3v) is 2.23. The summed E-state index contributed by atoms with van der Waals surface area (Å²) in [4.78, 5) is 10.4. The number of carbonyl (C=O) groups is 1. The van der Waals surface area contributed by atoms with Crippen molar-refractivity contribution < 1.29 is 13.9 Å². The smallest absolute Gasteiger partial charge is 0.169 e. The van der Waals surface area contributed by atoms with E-state index in [2.05, 4.69) is 15.9 Å². The fourth-order valence-electron chi connectivity index (χ4n) is 0.826. The molecule has 0 N–H and O–H groups in total. The normalized spacial score (nSPS) is 9.58. The van der Waals surface area contributed by atoms with Crippen LogP contribution in [0, 0.1) is 5.82 Å². The molecule has 64 valence electrons. The maximum absolute atomic E-state index is 12.9. The van der Waals surface area contributed by atoms with Gasteiger partial charge in [0.1, 0.15) is 0 Å². The maximum atomic E-state index is 12.9. The highest BCUT2D eigenvalue weighted by atomic mass is 79.9. The van der Waals surface area contributed by atoms with E-state index in [0.29, 0.717) is 16.3 Å². The minimum absolute atomic E-state index is 0.0552. The van der Waals surface area contributed by atoms with E-state index in [0.717, 1.165) is 0 Å². The minimum Gasteiger partial charge on any atom is -0.492 e. The predicted molar refractivity (Wildman–Crippen MR) is 46.0 cm³/mol. The van der Waals surface area contributed by atoms with Crippen LogP contribution in [-0.4, -0.2) is 13.4 Å². The first-order valence-electron chi connectivity index (χ1n) is 3.18. The quantitative estimate of drug-likeness (QED) is 0.733. The van der Waals surface area contributed by atoms with E-state index in [1.165, 1.54) is 19.2 Å². The molecule has 0 aliphatic heterocycles. The Balaban J connectivity index is 3.33. The fraction of sp³-hybridized carbons (Fsp3) is 0.125. The molecule has 12 heavy (non-hydrogen) atoms. The van der Waals surface area contributed by atoms with Gasteiger partial charge in [-0.25, -0.2) is 4.39 Å². The highest BCUT2D eigenvalue weighted by molar-refractivity contribution is 9.10. The van der Waals surface area contributed by atoms with E-state index < -0.39 is 5.82 Å². The molecule has 0 radical (unpaired) electrons. The van der Waals surface area contributed by atoms with Crippen molar-refractivity contribution in [3.8, 4) is 5.75 Å². The number of benzene rings is 1. The Kier molecular flexibility index (Phi) is 2.81. The average Bonchev–Trinajstić information content (AvgIpc) is 2.06. The highest BCUT2D eigenvalue weighted by Gasteiger charge is 2.10. The fourth-order valence-corrected chi connectivity index (χ4v) is 1.40. The molecule has 1 rings (SSSR count). The van der Waals surface area contributed by atoms with Gasteiger partial charge in [0.05, 0.1) is 11.6 Å². The van der Waals surface area contributed by atoms with E-state index in [4.69, 9.17) is 4.74 Å². The number of halogens is 2. The summed E-state index contributed by atoms with van der Waals surface area (Å²) in [5, 5.41) is 0. The van der Waals surface area contributed by atoms with Crippen molar-refractivity contribution in [2.75, 3.05) is 7.11 Å². The van der Waals surface area contributed by atoms with Crippen molar-refractivity contribution in [1.82, 2.24) is 0 Å². The minimum atomic E-state index is -0.491. The van der Waals surface area contributed by atoms with Crippen LogP contribution in [0.25, 0.3) is 0 Å². The number of aldehydes is 1. The molecule has 4 heteroatoms. The lowest BCUT2D eigenvalue weighted by atomic mass is 10.2. The van der Waals surface area contributed by atoms with Crippen LogP contribution in [0.1, 0.15) is 10.4 Å². The number of hydrogen-bond donors (Lipinski definition) is 0. The molecular formula is C8H6BrFO2. The second-order valence-corrected chi connectivity index (χ2v) is 2.89. The number of carbonyl (C=O) groups excluding carboxylic acids is 1. The van der Waals surface area contributed by atoms with Crippen molar-refractivity contribution in [1.29, 1.82) is 0 Å². The molecule has 1 aromatic rings. The maximum Gasteiger partial charge on any atom is 0.169 e. The molecule has 0 heterocycles. The van der Waals surface area contributed by atoms with Crippen LogP contribution in [0.15, 0.2) is 16.6 Å². The zero-order valence-corrected chi connectivity index (χ0v) is 7.89. The van der Waals surface area contributed by atoms with Crippen LogP contribution >= 0.6 is 15.9 Å². The molecule has 0 amide bonds. The Labute approximate surface area is 77.5 Å². The van der Waals surface area contributed by atoms with Gasteiger partial charge in [-0.2, -0.15) is 0 Å². The van der Waals surface area contributed by atoms with Crippen LogP contribution in [-0.2, 0) is 0 Å². The SMILES string of the molecule is COc1c(F)ccc(C=O)c1Br. The summed E-state index contributed by atoms with van der Waals surface area (Å²) < 4.78 is 18.0. The lowest BCUT2D eigenvalue weighted by Crippen LogP contribution is -1.92. The topological polar surface area (TPSA) is 26.3 Å². The number of ether oxygens (including phenoxy) is 1. The highest BCUT2D eigenvalue weighted by Crippen LogP contribution is 2.30. The van der Waals surface area contributed by atoms with Crippen molar-refractivity contribution in [3.05, 3.63) is 28.0 Å². The van der Waals surface area contributed by atoms with Crippen LogP contribution < -0.4 is 4.74 Å². The molecule has 0 spiro atoms. The molecule has 2 nitrogen and oxygen atoms in total. The standard InChI is InChI=1S/C8H6BrFO2/c1-12-8-6(10)3-2-5(4-11)7(8)9/h2-4H,1H3. The Bertz CT molecular complexity index is 312. The zero-order chi connectivity index (χ0) is 9.14. The molecule has 0 fully saturated rings. The van der Waals surface area contributed by atoms with E-state index >= 15 is 0 Å². The van der Waals surface area contributed by atoms with Crippen LogP contribution in [0.5, 0.6) is 5.75 Å². The molecule has 0 aliphatic rings. The molecule has 0 saturated carbocycles. The summed E-state index contributed by atoms with van der Waals surface area (Å²) in [6.45, 7) is 0. The van der Waals surface area contributed by atoms with Gasteiger partial charge in [0, 0.05) is 5.56 Å². The van der Waals surface area contributed by atoms with Crippen molar-refractivity contribution in [2.24, 2.45) is 0 Å². The largest absolute Gasteiger partial charge is 0.492 e. The Hall–Kier alpha value is -0.900. The molecule has 0 aliphatic carbocycles. The first kappa shape index (κ1) is 9.19. The Morgan fingerprint density at radius 2 is 2.25 bits per heavy atom. The van der Waals surface area contributed by atoms with Gasteiger partial charge in [-0.15, -0.1) is 0 Å². The van der Waals surface area contributed by atoms with Crippen molar-refractivity contribution in [3.63, 3.8) is 0 Å². The molecule has 0 bridgehead atoms. The van der Waals surface area contributed by atoms with Gasteiger partial charge in [0.25, 0.3) is 0 Å². The van der Waals surface area contributed by atoms with E-state index in [9.17, 15) is 9.18 Å². The summed E-state index contributed by atoms with van der Waals surface area (Å²) in [5.41, 5.74) is 0.369. The summed E-state index contributed by atoms with van der Waals surface area (Å²) >= 11 is 3.06.